The molecule has 0 aliphatic carbocycles. The van der Waals surface area contributed by atoms with Gasteiger partial charge in [0.25, 0.3) is 0 Å². The maximum Gasteiger partial charge on any atom is 0.408 e. The number of ether oxygens (including phenoxy) is 1. The van der Waals surface area contributed by atoms with E-state index in [9.17, 15) is 19.1 Å². The van der Waals surface area contributed by atoms with Crippen molar-refractivity contribution in [3.05, 3.63) is 71.3 Å². The molecule has 2 unspecified atom stereocenters. The van der Waals surface area contributed by atoms with E-state index >= 15 is 0 Å². The van der Waals surface area contributed by atoms with Crippen molar-refractivity contribution in [2.75, 3.05) is 0 Å². The molecule has 0 saturated carbocycles. The van der Waals surface area contributed by atoms with Crippen molar-refractivity contribution in [1.29, 1.82) is 0 Å². The fraction of sp³-hybridized carbons (Fsp3) is 0.300. The summed E-state index contributed by atoms with van der Waals surface area (Å²) in [4.78, 5) is 23.4. The summed E-state index contributed by atoms with van der Waals surface area (Å²) in [7, 11) is 0. The maximum atomic E-state index is 12.8. The number of carboxylic acids is 1. The molecule has 26 heavy (non-hydrogen) atoms. The van der Waals surface area contributed by atoms with Gasteiger partial charge in [-0.2, -0.15) is 0 Å². The number of alkyl halides is 1. The normalized spacial score (nSPS) is 12.8. The number of carboxylic acid groups (broad SMARTS) is 1. The molecular weight excluding hydrogens is 337 g/mol. The first-order valence-corrected chi connectivity index (χ1v) is 8.34. The molecule has 138 valence electrons. The van der Waals surface area contributed by atoms with Crippen LogP contribution in [0.15, 0.2) is 54.6 Å². The van der Waals surface area contributed by atoms with E-state index in [1.807, 2.05) is 43.3 Å². The number of carbonyl (C=O) groups is 2. The van der Waals surface area contributed by atoms with Gasteiger partial charge in [0.05, 0.1) is 0 Å². The molecule has 1 amide bonds. The van der Waals surface area contributed by atoms with Gasteiger partial charge in [-0.1, -0.05) is 61.5 Å². The van der Waals surface area contributed by atoms with E-state index in [-0.39, 0.29) is 18.9 Å². The summed E-state index contributed by atoms with van der Waals surface area (Å²) in [6.45, 7) is 1.32. The zero-order chi connectivity index (χ0) is 18.9. The van der Waals surface area contributed by atoms with Gasteiger partial charge in [-0.3, -0.25) is 0 Å². The third-order valence-electron chi connectivity index (χ3n) is 4.07. The lowest BCUT2D eigenvalue weighted by atomic mass is 9.93. The topological polar surface area (TPSA) is 75.6 Å². The van der Waals surface area contributed by atoms with Gasteiger partial charge < -0.3 is 15.2 Å². The number of aliphatic carboxylic acids is 1. The smallest absolute Gasteiger partial charge is 0.408 e. The molecule has 0 aliphatic rings. The van der Waals surface area contributed by atoms with Crippen LogP contribution in [-0.4, -0.2) is 23.2 Å². The van der Waals surface area contributed by atoms with Gasteiger partial charge in [-0.05, 0) is 29.0 Å². The molecule has 0 spiro atoms. The Balaban J connectivity index is 1.93. The molecule has 5 nitrogen and oxygen atoms in total. The summed E-state index contributed by atoms with van der Waals surface area (Å²) in [5.74, 6) is -1.31. The second-order valence-corrected chi connectivity index (χ2v) is 6.11. The second kappa shape index (κ2) is 9.56. The molecule has 2 aromatic rings. The van der Waals surface area contributed by atoms with Crippen molar-refractivity contribution < 1.29 is 23.8 Å². The highest BCUT2D eigenvalue weighted by atomic mass is 19.1. The number of carbonyl (C=O) groups excluding carboxylic acids is 1. The number of halogens is 1. The predicted octanol–water partition coefficient (Wildman–Crippen LogP) is 4.03. The zero-order valence-electron chi connectivity index (χ0n) is 14.5. The molecule has 2 N–H and O–H groups in total. The van der Waals surface area contributed by atoms with Crippen LogP contribution in [0, 0.1) is 0 Å². The lowest BCUT2D eigenvalue weighted by molar-refractivity contribution is -0.139. The van der Waals surface area contributed by atoms with Crippen LogP contribution in [0.4, 0.5) is 9.18 Å². The summed E-state index contributed by atoms with van der Waals surface area (Å²) >= 11 is 0. The van der Waals surface area contributed by atoms with Crippen molar-refractivity contribution in [3.8, 4) is 0 Å². The van der Waals surface area contributed by atoms with Gasteiger partial charge in [-0.25, -0.2) is 14.0 Å². The maximum absolute atomic E-state index is 12.8. The number of benzene rings is 2. The quantitative estimate of drug-likeness (QED) is 0.746. The van der Waals surface area contributed by atoms with E-state index in [4.69, 9.17) is 4.74 Å². The molecule has 0 bridgehead atoms. The SMILES string of the molecule is CC(CC(NC(=O)OCc1ccccc1)C(=O)O)c1cccc(CF)c1. The summed E-state index contributed by atoms with van der Waals surface area (Å²) < 4.78 is 17.9. The zero-order valence-corrected chi connectivity index (χ0v) is 14.5. The van der Waals surface area contributed by atoms with Gasteiger partial charge in [0.1, 0.15) is 19.3 Å². The highest BCUT2D eigenvalue weighted by Crippen LogP contribution is 2.22. The molecule has 0 aliphatic heterocycles. The third kappa shape index (κ3) is 5.88. The van der Waals surface area contributed by atoms with E-state index in [2.05, 4.69) is 5.32 Å². The molecule has 0 radical (unpaired) electrons. The standard InChI is InChI=1S/C20H22FNO4/c1-14(17-9-5-8-16(11-17)12-21)10-18(19(23)24)22-20(25)26-13-15-6-3-2-4-7-15/h2-9,11,14,18H,10,12-13H2,1H3,(H,22,25)(H,23,24). The number of hydrogen-bond acceptors (Lipinski definition) is 3. The van der Waals surface area contributed by atoms with E-state index in [0.29, 0.717) is 5.56 Å². The summed E-state index contributed by atoms with van der Waals surface area (Å²) in [5.41, 5.74) is 2.17. The third-order valence-corrected chi connectivity index (χ3v) is 4.07. The minimum absolute atomic E-state index is 0.0626. The molecular formula is C20H22FNO4. The molecule has 0 saturated heterocycles. The number of amides is 1. The average Bonchev–Trinajstić information content (AvgIpc) is 2.66. The summed E-state index contributed by atoms with van der Waals surface area (Å²) in [6.07, 6.45) is -0.614. The molecule has 6 heteroatoms. The first-order valence-electron chi connectivity index (χ1n) is 8.34. The van der Waals surface area contributed by atoms with Crippen molar-refractivity contribution in [1.82, 2.24) is 5.32 Å². The van der Waals surface area contributed by atoms with Crippen LogP contribution < -0.4 is 5.32 Å². The van der Waals surface area contributed by atoms with Crippen molar-refractivity contribution in [2.24, 2.45) is 0 Å². The monoisotopic (exact) mass is 359 g/mol. The Morgan fingerprint density at radius 2 is 1.81 bits per heavy atom. The minimum atomic E-state index is -1.14. The fourth-order valence-corrected chi connectivity index (χ4v) is 2.60. The largest absolute Gasteiger partial charge is 0.480 e. The first kappa shape index (κ1) is 19.4. The van der Waals surface area contributed by atoms with Gasteiger partial charge in [0.2, 0.25) is 0 Å². The molecule has 2 aromatic carbocycles. The molecule has 2 atom stereocenters. The number of nitrogens with one attached hydrogen (secondary N) is 1. The summed E-state index contributed by atoms with van der Waals surface area (Å²) in [6, 6.07) is 14.9. The molecule has 2 rings (SSSR count). The number of alkyl carbamates (subject to hydrolysis) is 1. The van der Waals surface area contributed by atoms with Crippen LogP contribution in [0.1, 0.15) is 36.0 Å². The van der Waals surface area contributed by atoms with Crippen LogP contribution in [0.3, 0.4) is 0 Å². The second-order valence-electron chi connectivity index (χ2n) is 6.11. The molecule has 0 heterocycles. The highest BCUT2D eigenvalue weighted by Gasteiger charge is 2.24. The number of rotatable bonds is 8. The van der Waals surface area contributed by atoms with Gasteiger partial charge in [-0.15, -0.1) is 0 Å². The van der Waals surface area contributed by atoms with Crippen LogP contribution >= 0.6 is 0 Å². The molecule has 0 aromatic heterocycles. The van der Waals surface area contributed by atoms with Gasteiger partial charge >= 0.3 is 12.1 Å². The van der Waals surface area contributed by atoms with Crippen molar-refractivity contribution >= 4 is 12.1 Å². The van der Waals surface area contributed by atoms with Crippen LogP contribution in [-0.2, 0) is 22.8 Å². The van der Waals surface area contributed by atoms with Crippen LogP contribution in [0.25, 0.3) is 0 Å². The number of hydrogen-bond donors (Lipinski definition) is 2. The van der Waals surface area contributed by atoms with E-state index in [1.165, 1.54) is 0 Å². The highest BCUT2D eigenvalue weighted by molar-refractivity contribution is 5.79. The van der Waals surface area contributed by atoms with Crippen molar-refractivity contribution in [2.45, 2.75) is 38.6 Å². The van der Waals surface area contributed by atoms with E-state index in [0.717, 1.165) is 11.1 Å². The Kier molecular flexibility index (Phi) is 7.14. The van der Waals surface area contributed by atoms with Crippen LogP contribution in [0.2, 0.25) is 0 Å². The Morgan fingerprint density at radius 1 is 1.12 bits per heavy atom. The Hall–Kier alpha value is -2.89. The Bertz CT molecular complexity index is 736. The summed E-state index contributed by atoms with van der Waals surface area (Å²) in [5, 5.41) is 11.8. The molecule has 0 fully saturated rings. The lowest BCUT2D eigenvalue weighted by Crippen LogP contribution is -2.41. The lowest BCUT2D eigenvalue weighted by Gasteiger charge is -2.19. The minimum Gasteiger partial charge on any atom is -0.480 e. The Labute approximate surface area is 151 Å². The van der Waals surface area contributed by atoms with Crippen LogP contribution in [0.5, 0.6) is 0 Å². The predicted molar refractivity (Wildman–Crippen MR) is 95.5 cm³/mol. The first-order chi connectivity index (χ1) is 12.5. The van der Waals surface area contributed by atoms with Gasteiger partial charge in [0, 0.05) is 0 Å². The average molecular weight is 359 g/mol. The van der Waals surface area contributed by atoms with E-state index in [1.54, 1.807) is 18.2 Å². The van der Waals surface area contributed by atoms with Gasteiger partial charge in [0.15, 0.2) is 0 Å². The van der Waals surface area contributed by atoms with Crippen molar-refractivity contribution in [3.63, 3.8) is 0 Å². The fourth-order valence-electron chi connectivity index (χ4n) is 2.60. The van der Waals surface area contributed by atoms with E-state index < -0.39 is 24.8 Å². The Morgan fingerprint density at radius 3 is 2.46 bits per heavy atom.